The molecule has 0 aliphatic heterocycles. The van der Waals surface area contributed by atoms with Crippen molar-refractivity contribution in [3.63, 3.8) is 0 Å². The number of nitrogens with zero attached hydrogens (tertiary/aromatic N) is 3. The van der Waals surface area contributed by atoms with E-state index < -0.39 is 0 Å². The zero-order valence-electron chi connectivity index (χ0n) is 17.3. The molecule has 0 spiro atoms. The summed E-state index contributed by atoms with van der Waals surface area (Å²) >= 11 is 10.0. The Morgan fingerprint density at radius 2 is 1.81 bits per heavy atom. The number of para-hydroxylation sites is 1. The van der Waals surface area contributed by atoms with Crippen LogP contribution < -0.4 is 5.56 Å². The van der Waals surface area contributed by atoms with Crippen LogP contribution in [0, 0.1) is 17.8 Å². The van der Waals surface area contributed by atoms with Crippen LogP contribution in [0.5, 0.6) is 0 Å². The van der Waals surface area contributed by atoms with Crippen LogP contribution in [0.2, 0.25) is 0 Å². The molecule has 1 N–H and O–H groups in total. The molecule has 0 aliphatic rings. The maximum absolute atomic E-state index is 13.0. The predicted octanol–water partition coefficient (Wildman–Crippen LogP) is 6.54. The van der Waals surface area contributed by atoms with Gasteiger partial charge in [-0.1, -0.05) is 71.1 Å². The first-order valence-electron chi connectivity index (χ1n) is 9.87. The van der Waals surface area contributed by atoms with Gasteiger partial charge in [-0.25, -0.2) is 9.67 Å². The first-order valence-corrected chi connectivity index (χ1v) is 12.9. The van der Waals surface area contributed by atoms with Crippen molar-refractivity contribution in [3.05, 3.63) is 85.2 Å². The topological polar surface area (TPSA) is 63.6 Å². The van der Waals surface area contributed by atoms with Crippen molar-refractivity contribution in [2.75, 3.05) is 0 Å². The average molecular weight is 495 g/mol. The van der Waals surface area contributed by atoms with Gasteiger partial charge in [0.15, 0.2) is 8.29 Å². The molecule has 0 radical (unpaired) electrons. The summed E-state index contributed by atoms with van der Waals surface area (Å²) in [4.78, 5) is 22.6. The molecule has 9 heteroatoms. The summed E-state index contributed by atoms with van der Waals surface area (Å²) in [5.74, 6) is 1.15. The summed E-state index contributed by atoms with van der Waals surface area (Å²) in [6.07, 6.45) is 0. The van der Waals surface area contributed by atoms with Gasteiger partial charge in [-0.2, -0.15) is 0 Å². The highest BCUT2D eigenvalue weighted by atomic mass is 32.2. The van der Waals surface area contributed by atoms with Crippen molar-refractivity contribution in [1.82, 2.24) is 19.7 Å². The third-order valence-electron chi connectivity index (χ3n) is 4.99. The lowest BCUT2D eigenvalue weighted by molar-refractivity contribution is 0.829. The Bertz CT molecular complexity index is 1530. The average Bonchev–Trinajstić information content (AvgIpc) is 3.33. The molecular formula is C23H18N4OS4. The third-order valence-corrected chi connectivity index (χ3v) is 8.37. The van der Waals surface area contributed by atoms with Crippen molar-refractivity contribution in [1.29, 1.82) is 0 Å². The Hall–Kier alpha value is -2.59. The number of nitrogens with one attached hydrogen (secondary N) is 1. The number of hydrogen-bond donors (Lipinski definition) is 1. The van der Waals surface area contributed by atoms with E-state index in [4.69, 9.17) is 17.2 Å². The van der Waals surface area contributed by atoms with E-state index in [1.807, 2.05) is 37.3 Å². The van der Waals surface area contributed by atoms with Crippen LogP contribution in [0.3, 0.4) is 0 Å². The van der Waals surface area contributed by atoms with E-state index in [1.165, 1.54) is 28.7 Å². The van der Waals surface area contributed by atoms with Crippen LogP contribution in [-0.2, 0) is 5.75 Å². The number of thioether (sulfide) groups is 1. The second-order valence-electron chi connectivity index (χ2n) is 7.26. The molecule has 32 heavy (non-hydrogen) atoms. The van der Waals surface area contributed by atoms with Gasteiger partial charge in [0.05, 0.1) is 16.8 Å². The highest BCUT2D eigenvalue weighted by Crippen LogP contribution is 2.36. The zero-order chi connectivity index (χ0) is 22.2. The number of aromatic amines is 1. The summed E-state index contributed by atoms with van der Waals surface area (Å²) in [6.45, 7) is 4.10. The summed E-state index contributed by atoms with van der Waals surface area (Å²) in [5.41, 5.74) is 4.03. The molecule has 5 aromatic rings. The first kappa shape index (κ1) is 21.3. The van der Waals surface area contributed by atoms with Crippen molar-refractivity contribution >= 4 is 56.9 Å². The van der Waals surface area contributed by atoms with Gasteiger partial charge in [0.2, 0.25) is 0 Å². The van der Waals surface area contributed by atoms with E-state index in [1.54, 1.807) is 16.0 Å². The van der Waals surface area contributed by atoms with Gasteiger partial charge >= 0.3 is 0 Å². The third kappa shape index (κ3) is 4.09. The Balaban J connectivity index is 1.44. The molecule has 0 fully saturated rings. The van der Waals surface area contributed by atoms with Crippen LogP contribution in [0.1, 0.15) is 16.3 Å². The maximum Gasteiger partial charge on any atom is 0.260 e. The molecule has 0 unspecified atom stereocenters. The fourth-order valence-corrected chi connectivity index (χ4v) is 6.78. The molecule has 0 saturated carbocycles. The molecule has 5 nitrogen and oxygen atoms in total. The summed E-state index contributed by atoms with van der Waals surface area (Å²) < 4.78 is 3.29. The first-order chi connectivity index (χ1) is 15.5. The molecular weight excluding hydrogens is 477 g/mol. The molecule has 3 aromatic heterocycles. The van der Waals surface area contributed by atoms with Crippen LogP contribution in [0.4, 0.5) is 0 Å². The molecule has 2 aromatic carbocycles. The number of hydrogen-bond acceptors (Lipinski definition) is 7. The molecule has 5 rings (SSSR count). The molecule has 0 bridgehead atoms. The van der Waals surface area contributed by atoms with Crippen molar-refractivity contribution in [3.8, 4) is 16.8 Å². The Kier molecular flexibility index (Phi) is 5.81. The van der Waals surface area contributed by atoms with E-state index in [0.717, 1.165) is 30.9 Å². The number of fused-ring (bicyclic) bond motifs is 1. The fourth-order valence-electron chi connectivity index (χ4n) is 3.48. The standard InChI is InChI=1S/C23H18N4OS4/c1-13-8-10-15(11-9-13)18-14(2)31-21-19(18)20(28)24-17(25-21)12-30-22-26-27(23(29)32-22)16-6-4-3-5-7-16/h3-11H,12H2,1-2H3,(H,24,25,28). The van der Waals surface area contributed by atoms with Gasteiger partial charge in [-0.05, 0) is 43.8 Å². The number of benzene rings is 2. The van der Waals surface area contributed by atoms with Crippen LogP contribution in [0.25, 0.3) is 27.0 Å². The minimum absolute atomic E-state index is 0.104. The number of aromatic nitrogens is 4. The highest BCUT2D eigenvalue weighted by Gasteiger charge is 2.17. The minimum atomic E-state index is -0.104. The van der Waals surface area contributed by atoms with Crippen molar-refractivity contribution in [2.24, 2.45) is 0 Å². The molecule has 0 aliphatic carbocycles. The van der Waals surface area contributed by atoms with E-state index >= 15 is 0 Å². The molecule has 0 amide bonds. The van der Waals surface area contributed by atoms with Crippen LogP contribution >= 0.6 is 46.7 Å². The number of aryl methyl sites for hydroxylation is 2. The quantitative estimate of drug-likeness (QED) is 0.222. The molecule has 160 valence electrons. The number of H-pyrrole nitrogens is 1. The van der Waals surface area contributed by atoms with Gasteiger partial charge < -0.3 is 4.98 Å². The monoisotopic (exact) mass is 494 g/mol. The smallest absolute Gasteiger partial charge is 0.260 e. The predicted molar refractivity (Wildman–Crippen MR) is 137 cm³/mol. The van der Waals surface area contributed by atoms with Crippen LogP contribution in [-0.4, -0.2) is 19.7 Å². The van der Waals surface area contributed by atoms with Gasteiger partial charge in [0, 0.05) is 10.4 Å². The lowest BCUT2D eigenvalue weighted by Crippen LogP contribution is -2.10. The lowest BCUT2D eigenvalue weighted by Gasteiger charge is -2.03. The molecule has 0 saturated heterocycles. The Morgan fingerprint density at radius 1 is 1.06 bits per heavy atom. The van der Waals surface area contributed by atoms with Gasteiger partial charge in [0.25, 0.3) is 5.56 Å². The van der Waals surface area contributed by atoms with E-state index in [-0.39, 0.29) is 5.56 Å². The Labute approximate surface area is 201 Å². The summed E-state index contributed by atoms with van der Waals surface area (Å²) in [5, 5.41) is 5.28. The number of thiophene rings is 1. The number of rotatable bonds is 5. The van der Waals surface area contributed by atoms with Crippen molar-refractivity contribution < 1.29 is 0 Å². The van der Waals surface area contributed by atoms with Crippen molar-refractivity contribution in [2.45, 2.75) is 23.9 Å². The minimum Gasteiger partial charge on any atom is -0.309 e. The SMILES string of the molecule is Cc1ccc(-c2c(C)sc3nc(CSc4nn(-c5ccccc5)c(=S)s4)[nH]c(=O)c23)cc1. The largest absolute Gasteiger partial charge is 0.309 e. The molecule has 3 heterocycles. The second kappa shape index (κ2) is 8.74. The summed E-state index contributed by atoms with van der Waals surface area (Å²) in [7, 11) is 0. The van der Waals surface area contributed by atoms with Gasteiger partial charge in [-0.15, -0.1) is 16.4 Å². The highest BCUT2D eigenvalue weighted by molar-refractivity contribution is 8.00. The van der Waals surface area contributed by atoms with Crippen LogP contribution in [0.15, 0.2) is 63.7 Å². The van der Waals surface area contributed by atoms with E-state index in [2.05, 4.69) is 41.3 Å². The molecule has 0 atom stereocenters. The second-order valence-corrected chi connectivity index (χ2v) is 11.3. The maximum atomic E-state index is 13.0. The van der Waals surface area contributed by atoms with Gasteiger partial charge in [-0.3, -0.25) is 4.79 Å². The summed E-state index contributed by atoms with van der Waals surface area (Å²) in [6, 6.07) is 18.1. The lowest BCUT2D eigenvalue weighted by atomic mass is 10.0. The van der Waals surface area contributed by atoms with E-state index in [0.29, 0.717) is 20.9 Å². The fraction of sp³-hybridized carbons (Fsp3) is 0.130. The zero-order valence-corrected chi connectivity index (χ0v) is 20.6. The van der Waals surface area contributed by atoms with E-state index in [9.17, 15) is 4.79 Å². The normalized spacial score (nSPS) is 11.3. The van der Waals surface area contributed by atoms with Gasteiger partial charge in [0.1, 0.15) is 10.7 Å². The Morgan fingerprint density at radius 3 is 2.56 bits per heavy atom.